The van der Waals surface area contributed by atoms with Gasteiger partial charge in [0.1, 0.15) is 0 Å². The van der Waals surface area contributed by atoms with Crippen LogP contribution in [0.1, 0.15) is 24.2 Å². The normalized spacial score (nSPS) is 12.1. The maximum Gasteiger partial charge on any atom is 0.237 e. The zero-order valence-electron chi connectivity index (χ0n) is 13.4. The Balaban J connectivity index is 1.67. The fourth-order valence-electron chi connectivity index (χ4n) is 2.25. The summed E-state index contributed by atoms with van der Waals surface area (Å²) in [6.45, 7) is 3.36. The number of aromatic nitrogens is 2. The van der Waals surface area contributed by atoms with E-state index in [9.17, 15) is 9.59 Å². The largest absolute Gasteiger partial charge is 0.325 e. The topological polar surface area (TPSA) is 63.5 Å². The third-order valence-corrected chi connectivity index (χ3v) is 4.70. The number of rotatable bonds is 5. The van der Waals surface area contributed by atoms with Crippen molar-refractivity contribution in [2.45, 2.75) is 24.3 Å². The van der Waals surface area contributed by atoms with Gasteiger partial charge < -0.3 is 5.32 Å². The van der Waals surface area contributed by atoms with Gasteiger partial charge in [0.05, 0.1) is 17.0 Å². The molecule has 2 aromatic heterocycles. The lowest BCUT2D eigenvalue weighted by atomic mass is 10.1. The monoisotopic (exact) mass is 339 g/mol. The average Bonchev–Trinajstić information content (AvgIpc) is 2.98. The minimum absolute atomic E-state index is 0.00276. The molecule has 0 saturated carbocycles. The molecule has 0 aliphatic carbocycles. The smallest absolute Gasteiger partial charge is 0.237 e. The highest BCUT2D eigenvalue weighted by atomic mass is 32.2. The number of ketones is 1. The molecule has 0 aliphatic heterocycles. The Bertz CT molecular complexity index is 887. The van der Waals surface area contributed by atoms with E-state index >= 15 is 0 Å². The predicted molar refractivity (Wildman–Crippen MR) is 95.6 cm³/mol. The van der Waals surface area contributed by atoms with Crippen LogP contribution in [0.5, 0.6) is 0 Å². The quantitative estimate of drug-likeness (QED) is 0.569. The molecular formula is C18H17N3O2S. The fraction of sp³-hybridized carbons (Fsp3) is 0.167. The molecule has 3 rings (SSSR count). The van der Waals surface area contributed by atoms with Gasteiger partial charge in [0.2, 0.25) is 5.91 Å². The second kappa shape index (κ2) is 6.88. The van der Waals surface area contributed by atoms with E-state index in [1.807, 2.05) is 35.7 Å². The van der Waals surface area contributed by atoms with Crippen LogP contribution >= 0.6 is 11.8 Å². The van der Waals surface area contributed by atoms with Gasteiger partial charge in [-0.25, -0.2) is 4.98 Å². The molecule has 2 heterocycles. The fourth-order valence-corrected chi connectivity index (χ4v) is 3.13. The summed E-state index contributed by atoms with van der Waals surface area (Å²) in [5.74, 6) is -0.105. The van der Waals surface area contributed by atoms with Crippen LogP contribution in [0.25, 0.3) is 5.52 Å². The van der Waals surface area contributed by atoms with E-state index in [0.29, 0.717) is 11.3 Å². The molecule has 0 spiro atoms. The van der Waals surface area contributed by atoms with Crippen LogP contribution in [0.3, 0.4) is 0 Å². The zero-order chi connectivity index (χ0) is 17.1. The molecule has 5 nitrogen and oxygen atoms in total. The van der Waals surface area contributed by atoms with E-state index in [-0.39, 0.29) is 16.9 Å². The number of Topliss-reactive ketones (excluding diaryl/α,β-unsaturated/α-hetero) is 1. The number of benzene rings is 1. The summed E-state index contributed by atoms with van der Waals surface area (Å²) in [6.07, 6.45) is 3.71. The Morgan fingerprint density at radius 1 is 1.17 bits per heavy atom. The van der Waals surface area contributed by atoms with E-state index in [2.05, 4.69) is 10.3 Å². The first kappa shape index (κ1) is 16.3. The highest BCUT2D eigenvalue weighted by Crippen LogP contribution is 2.24. The van der Waals surface area contributed by atoms with E-state index in [0.717, 1.165) is 10.7 Å². The molecule has 24 heavy (non-hydrogen) atoms. The number of thioether (sulfide) groups is 1. The number of anilines is 1. The van der Waals surface area contributed by atoms with Gasteiger partial charge in [0, 0.05) is 17.4 Å². The summed E-state index contributed by atoms with van der Waals surface area (Å²) >= 11 is 1.40. The molecule has 122 valence electrons. The van der Waals surface area contributed by atoms with Crippen molar-refractivity contribution in [1.29, 1.82) is 0 Å². The lowest BCUT2D eigenvalue weighted by molar-refractivity contribution is -0.115. The van der Waals surface area contributed by atoms with E-state index in [4.69, 9.17) is 0 Å². The van der Waals surface area contributed by atoms with Crippen molar-refractivity contribution in [1.82, 2.24) is 9.38 Å². The average molecular weight is 339 g/mol. The summed E-state index contributed by atoms with van der Waals surface area (Å²) in [7, 11) is 0. The van der Waals surface area contributed by atoms with E-state index < -0.39 is 0 Å². The molecule has 6 heteroatoms. The van der Waals surface area contributed by atoms with E-state index in [1.165, 1.54) is 18.7 Å². The van der Waals surface area contributed by atoms with Crippen molar-refractivity contribution in [3.63, 3.8) is 0 Å². The highest BCUT2D eigenvalue weighted by molar-refractivity contribution is 8.00. The second-order valence-corrected chi connectivity index (χ2v) is 6.73. The summed E-state index contributed by atoms with van der Waals surface area (Å²) < 4.78 is 1.95. The number of imidazole rings is 1. The van der Waals surface area contributed by atoms with Crippen LogP contribution in [-0.4, -0.2) is 26.3 Å². The van der Waals surface area contributed by atoms with Crippen LogP contribution in [0.15, 0.2) is 60.0 Å². The van der Waals surface area contributed by atoms with Crippen LogP contribution < -0.4 is 5.32 Å². The van der Waals surface area contributed by atoms with Crippen LogP contribution in [0.2, 0.25) is 0 Å². The van der Waals surface area contributed by atoms with Gasteiger partial charge in [0.25, 0.3) is 0 Å². The van der Waals surface area contributed by atoms with Gasteiger partial charge in [0.15, 0.2) is 10.9 Å². The number of fused-ring (bicyclic) bond motifs is 1. The number of carbonyl (C=O) groups is 2. The first-order valence-corrected chi connectivity index (χ1v) is 8.43. The first-order chi connectivity index (χ1) is 11.5. The molecule has 0 fully saturated rings. The molecule has 0 saturated heterocycles. The number of pyridine rings is 1. The Morgan fingerprint density at radius 3 is 2.62 bits per heavy atom. The third-order valence-electron chi connectivity index (χ3n) is 3.62. The minimum Gasteiger partial charge on any atom is -0.325 e. The standard InChI is InChI=1S/C18H17N3O2S/c1-12(22)14-6-8-15(9-7-14)20-17(23)13(2)24-18-19-11-16-5-3-4-10-21(16)18/h3-11,13H,1-2H3,(H,20,23). The molecule has 3 aromatic rings. The molecule has 1 N–H and O–H groups in total. The molecule has 1 amide bonds. The maximum atomic E-state index is 12.4. The van der Waals surface area contributed by atoms with Crippen molar-refractivity contribution in [3.05, 3.63) is 60.4 Å². The molecule has 0 aliphatic rings. The molecule has 0 bridgehead atoms. The number of nitrogens with zero attached hydrogens (tertiary/aromatic N) is 2. The molecule has 1 unspecified atom stereocenters. The lowest BCUT2D eigenvalue weighted by Crippen LogP contribution is -2.22. The van der Waals surface area contributed by atoms with Crippen molar-refractivity contribution in [2.75, 3.05) is 5.32 Å². The summed E-state index contributed by atoms with van der Waals surface area (Å²) in [5.41, 5.74) is 2.29. The highest BCUT2D eigenvalue weighted by Gasteiger charge is 2.17. The molecule has 0 radical (unpaired) electrons. The van der Waals surface area contributed by atoms with Crippen LogP contribution in [-0.2, 0) is 4.79 Å². The maximum absolute atomic E-state index is 12.4. The lowest BCUT2D eigenvalue weighted by Gasteiger charge is -2.11. The SMILES string of the molecule is CC(=O)c1ccc(NC(=O)C(C)Sc2ncc3ccccn23)cc1. The minimum atomic E-state index is -0.303. The molecule has 1 atom stereocenters. The van der Waals surface area contributed by atoms with Crippen LogP contribution in [0, 0.1) is 0 Å². The van der Waals surface area contributed by atoms with Crippen molar-refractivity contribution >= 4 is 34.7 Å². The summed E-state index contributed by atoms with van der Waals surface area (Å²) in [4.78, 5) is 28.0. The van der Waals surface area contributed by atoms with Crippen molar-refractivity contribution in [2.24, 2.45) is 0 Å². The van der Waals surface area contributed by atoms with Gasteiger partial charge in [-0.05, 0) is 50.2 Å². The predicted octanol–water partition coefficient (Wildman–Crippen LogP) is 3.66. The molecule has 1 aromatic carbocycles. The first-order valence-electron chi connectivity index (χ1n) is 7.55. The van der Waals surface area contributed by atoms with Gasteiger partial charge >= 0.3 is 0 Å². The zero-order valence-corrected chi connectivity index (χ0v) is 14.2. The summed E-state index contributed by atoms with van der Waals surface area (Å²) in [5, 5.41) is 3.34. The van der Waals surface area contributed by atoms with Gasteiger partial charge in [-0.2, -0.15) is 0 Å². The van der Waals surface area contributed by atoms with Gasteiger partial charge in [-0.15, -0.1) is 0 Å². The Labute approximate surface area is 144 Å². The summed E-state index contributed by atoms with van der Waals surface area (Å²) in [6, 6.07) is 12.7. The van der Waals surface area contributed by atoms with Crippen molar-refractivity contribution < 1.29 is 9.59 Å². The Morgan fingerprint density at radius 2 is 1.92 bits per heavy atom. The number of hydrogen-bond acceptors (Lipinski definition) is 4. The number of carbonyl (C=O) groups excluding carboxylic acids is 2. The van der Waals surface area contributed by atoms with Crippen molar-refractivity contribution in [3.8, 4) is 0 Å². The van der Waals surface area contributed by atoms with Gasteiger partial charge in [-0.3, -0.25) is 14.0 Å². The Hall–Kier alpha value is -2.60. The Kier molecular flexibility index (Phi) is 4.66. The second-order valence-electron chi connectivity index (χ2n) is 5.42. The third kappa shape index (κ3) is 3.49. The van der Waals surface area contributed by atoms with Crippen LogP contribution in [0.4, 0.5) is 5.69 Å². The van der Waals surface area contributed by atoms with E-state index in [1.54, 1.807) is 30.5 Å². The number of nitrogens with one attached hydrogen (secondary N) is 1. The number of hydrogen-bond donors (Lipinski definition) is 1. The van der Waals surface area contributed by atoms with Gasteiger partial charge in [-0.1, -0.05) is 17.8 Å². The molecular weight excluding hydrogens is 322 g/mol. The number of amides is 1.